The minimum atomic E-state index is -0.446. The molecule has 0 fully saturated rings. The Balaban J connectivity index is 2.56. The van der Waals surface area contributed by atoms with Gasteiger partial charge in [-0.15, -0.1) is 0 Å². The molecule has 0 unspecified atom stereocenters. The van der Waals surface area contributed by atoms with Crippen molar-refractivity contribution < 1.29 is 0 Å². The number of unbranched alkanes of at least 4 members (excludes halogenated alkanes) is 1. The fraction of sp³-hybridized carbons (Fsp3) is 0.455. The fourth-order valence-corrected chi connectivity index (χ4v) is 3.60. The molecule has 0 aliphatic rings. The van der Waals surface area contributed by atoms with Gasteiger partial charge in [0.25, 0.3) is 0 Å². The second-order valence-corrected chi connectivity index (χ2v) is 5.97. The molecule has 1 nitrogen and oxygen atoms in total. The standard InChI is InChI=1S/C11H18NSi/c1-2-3-9-13(10-12)11-7-5-4-6-8-11/h4-8H,2-3,9-10,12H2,1H3. The van der Waals surface area contributed by atoms with E-state index in [-0.39, 0.29) is 0 Å². The van der Waals surface area contributed by atoms with Crippen molar-refractivity contribution in [2.75, 3.05) is 6.17 Å². The van der Waals surface area contributed by atoms with Crippen LogP contribution in [0.25, 0.3) is 0 Å². The molecule has 0 aliphatic carbocycles. The maximum Gasteiger partial charge on any atom is 0.101 e. The van der Waals surface area contributed by atoms with Crippen molar-refractivity contribution in [3.8, 4) is 0 Å². The molecule has 0 saturated carbocycles. The molecular formula is C11H18NSi. The lowest BCUT2D eigenvalue weighted by molar-refractivity contribution is 0.873. The van der Waals surface area contributed by atoms with Crippen LogP contribution in [0.4, 0.5) is 0 Å². The number of nitrogens with two attached hydrogens (primary N) is 1. The summed E-state index contributed by atoms with van der Waals surface area (Å²) in [7, 11) is -0.446. The van der Waals surface area contributed by atoms with Gasteiger partial charge in [0.15, 0.2) is 0 Å². The summed E-state index contributed by atoms with van der Waals surface area (Å²) in [5.41, 5.74) is 5.79. The summed E-state index contributed by atoms with van der Waals surface area (Å²) >= 11 is 0. The molecule has 13 heavy (non-hydrogen) atoms. The van der Waals surface area contributed by atoms with Crippen LogP contribution in [0.5, 0.6) is 0 Å². The van der Waals surface area contributed by atoms with E-state index in [4.69, 9.17) is 5.73 Å². The zero-order valence-electron chi connectivity index (χ0n) is 8.29. The Labute approximate surface area is 82.6 Å². The summed E-state index contributed by atoms with van der Waals surface area (Å²) in [5, 5.41) is 1.49. The topological polar surface area (TPSA) is 26.0 Å². The van der Waals surface area contributed by atoms with Crippen LogP contribution in [0.1, 0.15) is 19.8 Å². The summed E-state index contributed by atoms with van der Waals surface area (Å²) in [6.45, 7) is 2.24. The Hall–Kier alpha value is -0.603. The highest BCUT2D eigenvalue weighted by atomic mass is 28.3. The van der Waals surface area contributed by atoms with Crippen molar-refractivity contribution in [2.24, 2.45) is 5.73 Å². The minimum absolute atomic E-state index is 0.446. The van der Waals surface area contributed by atoms with E-state index in [1.807, 2.05) is 0 Å². The van der Waals surface area contributed by atoms with Crippen LogP contribution in [0.2, 0.25) is 6.04 Å². The summed E-state index contributed by atoms with van der Waals surface area (Å²) in [4.78, 5) is 0. The first kappa shape index (κ1) is 10.5. The van der Waals surface area contributed by atoms with Crippen LogP contribution in [0, 0.1) is 0 Å². The first-order valence-electron chi connectivity index (χ1n) is 4.98. The van der Waals surface area contributed by atoms with Crippen molar-refractivity contribution in [1.29, 1.82) is 0 Å². The molecular weight excluding hydrogens is 174 g/mol. The molecule has 0 atom stereocenters. The summed E-state index contributed by atoms with van der Waals surface area (Å²) in [5.74, 6) is 0. The maximum absolute atomic E-state index is 5.79. The van der Waals surface area contributed by atoms with Crippen LogP contribution in [-0.2, 0) is 0 Å². The Bertz CT molecular complexity index is 223. The maximum atomic E-state index is 5.79. The van der Waals surface area contributed by atoms with Crippen molar-refractivity contribution >= 4 is 14.0 Å². The van der Waals surface area contributed by atoms with Gasteiger partial charge in [-0.2, -0.15) is 0 Å². The van der Waals surface area contributed by atoms with Gasteiger partial charge in [-0.3, -0.25) is 0 Å². The average molecular weight is 192 g/mol. The van der Waals surface area contributed by atoms with E-state index in [0.717, 1.165) is 6.17 Å². The second-order valence-electron chi connectivity index (χ2n) is 3.28. The van der Waals surface area contributed by atoms with E-state index in [0.29, 0.717) is 0 Å². The highest BCUT2D eigenvalue weighted by molar-refractivity contribution is 6.73. The molecule has 1 aromatic carbocycles. The molecule has 71 valence electrons. The van der Waals surface area contributed by atoms with Gasteiger partial charge in [0.1, 0.15) is 8.80 Å². The number of benzene rings is 1. The van der Waals surface area contributed by atoms with E-state index in [9.17, 15) is 0 Å². The van der Waals surface area contributed by atoms with Gasteiger partial charge >= 0.3 is 0 Å². The molecule has 0 amide bonds. The molecule has 0 spiro atoms. The Morgan fingerprint density at radius 2 is 1.92 bits per heavy atom. The highest BCUT2D eigenvalue weighted by Gasteiger charge is 2.10. The molecule has 1 rings (SSSR count). The van der Waals surface area contributed by atoms with Gasteiger partial charge in [-0.05, 0) is 6.17 Å². The minimum Gasteiger partial charge on any atom is -0.333 e. The van der Waals surface area contributed by atoms with Crippen LogP contribution >= 0.6 is 0 Å². The number of hydrogen-bond donors (Lipinski definition) is 1. The van der Waals surface area contributed by atoms with E-state index in [1.165, 1.54) is 24.1 Å². The molecule has 2 N–H and O–H groups in total. The molecule has 1 radical (unpaired) electrons. The predicted molar refractivity (Wildman–Crippen MR) is 60.6 cm³/mol. The summed E-state index contributed by atoms with van der Waals surface area (Å²) in [6.07, 6.45) is 3.47. The molecule has 0 aromatic heterocycles. The highest BCUT2D eigenvalue weighted by Crippen LogP contribution is 2.00. The van der Waals surface area contributed by atoms with Crippen molar-refractivity contribution in [3.05, 3.63) is 30.3 Å². The largest absolute Gasteiger partial charge is 0.333 e. The van der Waals surface area contributed by atoms with Gasteiger partial charge in [0.2, 0.25) is 0 Å². The molecule has 1 aromatic rings. The Morgan fingerprint density at radius 1 is 1.23 bits per heavy atom. The van der Waals surface area contributed by atoms with Gasteiger partial charge < -0.3 is 5.73 Å². The van der Waals surface area contributed by atoms with Crippen LogP contribution in [0.15, 0.2) is 30.3 Å². The summed E-state index contributed by atoms with van der Waals surface area (Å²) < 4.78 is 0. The van der Waals surface area contributed by atoms with Gasteiger partial charge in [-0.1, -0.05) is 61.3 Å². The SMILES string of the molecule is CCCC[Si](CN)c1ccccc1. The zero-order valence-corrected chi connectivity index (χ0v) is 9.29. The predicted octanol–water partition coefficient (Wildman–Crippen LogP) is 1.69. The third-order valence-electron chi connectivity index (χ3n) is 2.26. The lowest BCUT2D eigenvalue weighted by Crippen LogP contribution is -2.37. The van der Waals surface area contributed by atoms with Crippen molar-refractivity contribution in [3.63, 3.8) is 0 Å². The molecule has 0 aliphatic heterocycles. The first-order chi connectivity index (χ1) is 6.38. The van der Waals surface area contributed by atoms with E-state index < -0.39 is 8.80 Å². The van der Waals surface area contributed by atoms with Crippen molar-refractivity contribution in [2.45, 2.75) is 25.8 Å². The van der Waals surface area contributed by atoms with Gasteiger partial charge in [0.05, 0.1) is 0 Å². The molecule has 0 bridgehead atoms. The van der Waals surface area contributed by atoms with Crippen molar-refractivity contribution in [1.82, 2.24) is 0 Å². The molecule has 0 saturated heterocycles. The monoisotopic (exact) mass is 192 g/mol. The Kier molecular flexibility index (Phi) is 4.79. The molecule has 2 heteroatoms. The average Bonchev–Trinajstić information content (AvgIpc) is 2.21. The third kappa shape index (κ3) is 3.33. The summed E-state index contributed by atoms with van der Waals surface area (Å²) in [6, 6.07) is 12.1. The molecule has 0 heterocycles. The Morgan fingerprint density at radius 3 is 2.46 bits per heavy atom. The van der Waals surface area contributed by atoms with E-state index >= 15 is 0 Å². The number of rotatable bonds is 5. The van der Waals surface area contributed by atoms with E-state index in [2.05, 4.69) is 37.3 Å². The second kappa shape index (κ2) is 5.94. The lowest BCUT2D eigenvalue weighted by atomic mass is 10.4. The number of hydrogen-bond acceptors (Lipinski definition) is 1. The fourth-order valence-electron chi connectivity index (χ4n) is 1.43. The van der Waals surface area contributed by atoms with Crippen LogP contribution in [0.3, 0.4) is 0 Å². The quantitative estimate of drug-likeness (QED) is 0.706. The van der Waals surface area contributed by atoms with Crippen LogP contribution < -0.4 is 10.9 Å². The third-order valence-corrected chi connectivity index (χ3v) is 4.86. The first-order valence-corrected chi connectivity index (χ1v) is 6.90. The smallest absolute Gasteiger partial charge is 0.101 e. The van der Waals surface area contributed by atoms with Gasteiger partial charge in [0, 0.05) is 0 Å². The van der Waals surface area contributed by atoms with Gasteiger partial charge in [-0.25, -0.2) is 0 Å². The normalized spacial score (nSPS) is 10.7. The zero-order chi connectivity index (χ0) is 9.52. The van der Waals surface area contributed by atoms with E-state index in [1.54, 1.807) is 0 Å². The van der Waals surface area contributed by atoms with Crippen LogP contribution in [-0.4, -0.2) is 15.0 Å². The lowest BCUT2D eigenvalue weighted by Gasteiger charge is -2.11.